The summed E-state index contributed by atoms with van der Waals surface area (Å²) in [6.07, 6.45) is 3.36. The standard InChI is InChI=1S/C11H13N3O/c1-8-5-9(2)14-11(13-8)12-6-10-3-4-15-7-10/h3-5,7H,6H2,1-2H3,(H,12,13,14). The van der Waals surface area contributed by atoms with Crippen LogP contribution in [0.15, 0.2) is 29.1 Å². The van der Waals surface area contributed by atoms with Crippen molar-refractivity contribution in [2.24, 2.45) is 0 Å². The van der Waals surface area contributed by atoms with Gasteiger partial charge in [0.05, 0.1) is 12.5 Å². The fourth-order valence-electron chi connectivity index (χ4n) is 1.38. The number of hydrogen-bond donors (Lipinski definition) is 1. The van der Waals surface area contributed by atoms with E-state index < -0.39 is 0 Å². The average molecular weight is 203 g/mol. The molecular weight excluding hydrogens is 190 g/mol. The fraction of sp³-hybridized carbons (Fsp3) is 0.273. The number of aromatic nitrogens is 2. The van der Waals surface area contributed by atoms with Crippen LogP contribution in [0.4, 0.5) is 5.95 Å². The summed E-state index contributed by atoms with van der Waals surface area (Å²) >= 11 is 0. The maximum atomic E-state index is 4.97. The second-order valence-electron chi connectivity index (χ2n) is 3.46. The van der Waals surface area contributed by atoms with E-state index in [1.54, 1.807) is 12.5 Å². The first kappa shape index (κ1) is 9.71. The van der Waals surface area contributed by atoms with E-state index in [1.807, 2.05) is 26.0 Å². The molecule has 0 saturated carbocycles. The lowest BCUT2D eigenvalue weighted by Crippen LogP contribution is -2.04. The Hall–Kier alpha value is -1.84. The van der Waals surface area contributed by atoms with Crippen molar-refractivity contribution in [3.05, 3.63) is 41.6 Å². The van der Waals surface area contributed by atoms with Crippen molar-refractivity contribution in [2.75, 3.05) is 5.32 Å². The van der Waals surface area contributed by atoms with E-state index in [1.165, 1.54) is 0 Å². The molecule has 0 amide bonds. The SMILES string of the molecule is Cc1cc(C)nc(NCc2ccoc2)n1. The Morgan fingerprint density at radius 3 is 2.60 bits per heavy atom. The third kappa shape index (κ3) is 2.56. The lowest BCUT2D eigenvalue weighted by atomic mass is 10.3. The Labute approximate surface area is 88.4 Å². The molecule has 0 bridgehead atoms. The summed E-state index contributed by atoms with van der Waals surface area (Å²) in [7, 11) is 0. The highest BCUT2D eigenvalue weighted by atomic mass is 16.3. The fourth-order valence-corrected chi connectivity index (χ4v) is 1.38. The van der Waals surface area contributed by atoms with E-state index in [9.17, 15) is 0 Å². The minimum atomic E-state index is 0.661. The molecule has 2 aromatic heterocycles. The number of rotatable bonds is 3. The molecule has 0 aliphatic heterocycles. The molecule has 2 aromatic rings. The van der Waals surface area contributed by atoms with Gasteiger partial charge in [0.15, 0.2) is 0 Å². The molecule has 0 aliphatic carbocycles. The van der Waals surface area contributed by atoms with Gasteiger partial charge >= 0.3 is 0 Å². The molecule has 0 spiro atoms. The van der Waals surface area contributed by atoms with Gasteiger partial charge < -0.3 is 9.73 Å². The van der Waals surface area contributed by atoms with Gasteiger partial charge in [0.1, 0.15) is 0 Å². The lowest BCUT2D eigenvalue weighted by molar-refractivity contribution is 0.564. The first-order valence-corrected chi connectivity index (χ1v) is 4.81. The highest BCUT2D eigenvalue weighted by Gasteiger charge is 1.99. The average Bonchev–Trinajstić information content (AvgIpc) is 2.65. The minimum absolute atomic E-state index is 0.661. The molecule has 4 heteroatoms. The van der Waals surface area contributed by atoms with Crippen LogP contribution in [0.2, 0.25) is 0 Å². The highest BCUT2D eigenvalue weighted by molar-refractivity contribution is 5.29. The van der Waals surface area contributed by atoms with Crippen molar-refractivity contribution in [1.82, 2.24) is 9.97 Å². The Morgan fingerprint density at radius 1 is 1.27 bits per heavy atom. The summed E-state index contributed by atoms with van der Waals surface area (Å²) in [5, 5.41) is 3.15. The van der Waals surface area contributed by atoms with Crippen LogP contribution in [-0.2, 0) is 6.54 Å². The third-order valence-corrected chi connectivity index (χ3v) is 2.01. The Balaban J connectivity index is 2.05. The van der Waals surface area contributed by atoms with E-state index >= 15 is 0 Å². The molecule has 0 unspecified atom stereocenters. The summed E-state index contributed by atoms with van der Waals surface area (Å²) < 4.78 is 4.97. The maximum Gasteiger partial charge on any atom is 0.223 e. The van der Waals surface area contributed by atoms with E-state index in [0.29, 0.717) is 12.5 Å². The van der Waals surface area contributed by atoms with Gasteiger partial charge in [-0.3, -0.25) is 0 Å². The van der Waals surface area contributed by atoms with Gasteiger partial charge in [-0.1, -0.05) is 0 Å². The number of anilines is 1. The van der Waals surface area contributed by atoms with Crippen molar-refractivity contribution < 1.29 is 4.42 Å². The van der Waals surface area contributed by atoms with E-state index in [-0.39, 0.29) is 0 Å². The van der Waals surface area contributed by atoms with Crippen molar-refractivity contribution >= 4 is 5.95 Å². The summed E-state index contributed by atoms with van der Waals surface area (Å²) in [5.41, 5.74) is 3.02. The van der Waals surface area contributed by atoms with Gasteiger partial charge in [-0.25, -0.2) is 9.97 Å². The Bertz CT molecular complexity index is 417. The predicted molar refractivity (Wildman–Crippen MR) is 57.5 cm³/mol. The zero-order valence-electron chi connectivity index (χ0n) is 8.82. The van der Waals surface area contributed by atoms with Crippen LogP contribution in [0, 0.1) is 13.8 Å². The lowest BCUT2D eigenvalue weighted by Gasteiger charge is -2.04. The normalized spacial score (nSPS) is 10.3. The van der Waals surface area contributed by atoms with Gasteiger partial charge in [-0.15, -0.1) is 0 Å². The van der Waals surface area contributed by atoms with E-state index in [0.717, 1.165) is 17.0 Å². The molecule has 0 aromatic carbocycles. The molecule has 78 valence electrons. The third-order valence-electron chi connectivity index (χ3n) is 2.01. The van der Waals surface area contributed by atoms with E-state index in [2.05, 4.69) is 15.3 Å². The van der Waals surface area contributed by atoms with Gasteiger partial charge in [0.25, 0.3) is 0 Å². The zero-order valence-corrected chi connectivity index (χ0v) is 8.82. The van der Waals surface area contributed by atoms with Crippen LogP contribution in [0.5, 0.6) is 0 Å². The number of hydrogen-bond acceptors (Lipinski definition) is 4. The molecular formula is C11H13N3O. The molecule has 0 saturated heterocycles. The van der Waals surface area contributed by atoms with Crippen molar-refractivity contribution in [3.63, 3.8) is 0 Å². The van der Waals surface area contributed by atoms with Gasteiger partial charge in [-0.05, 0) is 26.0 Å². The number of nitrogens with one attached hydrogen (secondary N) is 1. The number of aryl methyl sites for hydroxylation is 2. The van der Waals surface area contributed by atoms with E-state index in [4.69, 9.17) is 4.42 Å². The molecule has 1 N–H and O–H groups in total. The van der Waals surface area contributed by atoms with Crippen LogP contribution < -0.4 is 5.32 Å². The maximum absolute atomic E-state index is 4.97. The van der Waals surface area contributed by atoms with Crippen LogP contribution in [0.1, 0.15) is 17.0 Å². The van der Waals surface area contributed by atoms with Crippen LogP contribution in [0.3, 0.4) is 0 Å². The summed E-state index contributed by atoms with van der Waals surface area (Å²) in [6, 6.07) is 3.86. The summed E-state index contributed by atoms with van der Waals surface area (Å²) in [4.78, 5) is 8.56. The monoisotopic (exact) mass is 203 g/mol. The van der Waals surface area contributed by atoms with Crippen molar-refractivity contribution in [2.45, 2.75) is 20.4 Å². The van der Waals surface area contributed by atoms with Crippen LogP contribution >= 0.6 is 0 Å². The van der Waals surface area contributed by atoms with Crippen molar-refractivity contribution in [1.29, 1.82) is 0 Å². The minimum Gasteiger partial charge on any atom is -0.472 e. The predicted octanol–water partition coefficient (Wildman–Crippen LogP) is 2.30. The smallest absolute Gasteiger partial charge is 0.223 e. The largest absolute Gasteiger partial charge is 0.472 e. The Morgan fingerprint density at radius 2 is 2.00 bits per heavy atom. The van der Waals surface area contributed by atoms with Crippen LogP contribution in [-0.4, -0.2) is 9.97 Å². The molecule has 2 heterocycles. The first-order chi connectivity index (χ1) is 7.24. The quantitative estimate of drug-likeness (QED) is 0.831. The second kappa shape index (κ2) is 4.13. The number of furan rings is 1. The molecule has 0 aliphatic rings. The molecule has 0 atom stereocenters. The number of nitrogens with zero attached hydrogens (tertiary/aromatic N) is 2. The zero-order chi connectivity index (χ0) is 10.7. The Kier molecular flexibility index (Phi) is 2.67. The van der Waals surface area contributed by atoms with Gasteiger partial charge in [-0.2, -0.15) is 0 Å². The van der Waals surface area contributed by atoms with Crippen LogP contribution in [0.25, 0.3) is 0 Å². The molecule has 0 radical (unpaired) electrons. The molecule has 4 nitrogen and oxygen atoms in total. The highest BCUT2D eigenvalue weighted by Crippen LogP contribution is 2.06. The van der Waals surface area contributed by atoms with Crippen molar-refractivity contribution in [3.8, 4) is 0 Å². The first-order valence-electron chi connectivity index (χ1n) is 4.81. The molecule has 0 fully saturated rings. The summed E-state index contributed by atoms with van der Waals surface area (Å²) in [5.74, 6) is 0.661. The van der Waals surface area contributed by atoms with Gasteiger partial charge in [0.2, 0.25) is 5.95 Å². The molecule has 2 rings (SSSR count). The topological polar surface area (TPSA) is 51.0 Å². The summed E-state index contributed by atoms with van der Waals surface area (Å²) in [6.45, 7) is 4.59. The van der Waals surface area contributed by atoms with Gasteiger partial charge in [0, 0.05) is 23.5 Å². The molecule has 15 heavy (non-hydrogen) atoms. The second-order valence-corrected chi connectivity index (χ2v) is 3.46.